The van der Waals surface area contributed by atoms with Crippen molar-refractivity contribution >= 4 is 23.4 Å². The van der Waals surface area contributed by atoms with E-state index in [1.54, 1.807) is 4.90 Å². The number of rotatable bonds is 0. The zero-order valence-electron chi connectivity index (χ0n) is 11.2. The summed E-state index contributed by atoms with van der Waals surface area (Å²) in [5, 5.41) is 11.4. The molecular formula is C13H12F3N3O3. The summed E-state index contributed by atoms with van der Waals surface area (Å²) in [5.41, 5.74) is -0.267. The Morgan fingerprint density at radius 2 is 2.05 bits per heavy atom. The van der Waals surface area contributed by atoms with Crippen LogP contribution in [0.5, 0.6) is 0 Å². The van der Waals surface area contributed by atoms with E-state index in [0.29, 0.717) is 5.69 Å². The van der Waals surface area contributed by atoms with Crippen LogP contribution in [0.25, 0.3) is 0 Å². The van der Waals surface area contributed by atoms with Crippen LogP contribution in [0.3, 0.4) is 0 Å². The normalized spacial score (nSPS) is 21.0. The second-order valence-corrected chi connectivity index (χ2v) is 5.16. The van der Waals surface area contributed by atoms with Crippen molar-refractivity contribution in [1.82, 2.24) is 4.90 Å². The first kappa shape index (κ1) is 14.5. The molecule has 0 radical (unpaired) electrons. The molecule has 0 aliphatic carbocycles. The summed E-state index contributed by atoms with van der Waals surface area (Å²) in [6, 6.07) is 2.43. The van der Waals surface area contributed by atoms with Crippen molar-refractivity contribution in [2.75, 3.05) is 29.9 Å². The van der Waals surface area contributed by atoms with Crippen molar-refractivity contribution in [1.29, 1.82) is 0 Å². The number of piperazine rings is 1. The van der Waals surface area contributed by atoms with E-state index in [4.69, 9.17) is 5.11 Å². The molecule has 22 heavy (non-hydrogen) atoms. The van der Waals surface area contributed by atoms with E-state index in [1.165, 1.54) is 6.07 Å². The second kappa shape index (κ2) is 4.79. The van der Waals surface area contributed by atoms with Gasteiger partial charge >= 0.3 is 12.3 Å². The molecule has 0 spiro atoms. The third kappa shape index (κ3) is 2.32. The SMILES string of the molecule is O=C1Nc2cc(C(F)(F)F)ccc2N2CCN(C(=O)O)C[C@@H]12. The van der Waals surface area contributed by atoms with Crippen LogP contribution in [-0.4, -0.2) is 47.7 Å². The van der Waals surface area contributed by atoms with Gasteiger partial charge in [-0.1, -0.05) is 0 Å². The van der Waals surface area contributed by atoms with E-state index in [0.717, 1.165) is 17.0 Å². The first-order chi connectivity index (χ1) is 10.3. The van der Waals surface area contributed by atoms with Crippen molar-refractivity contribution in [2.45, 2.75) is 12.2 Å². The van der Waals surface area contributed by atoms with Gasteiger partial charge in [0.25, 0.3) is 0 Å². The molecule has 2 aliphatic heterocycles. The van der Waals surface area contributed by atoms with Crippen molar-refractivity contribution in [3.8, 4) is 0 Å². The third-order valence-electron chi connectivity index (χ3n) is 3.84. The molecule has 3 rings (SSSR count). The standard InChI is InChI=1S/C13H12F3N3O3/c14-13(15,16)7-1-2-9-8(5-7)17-11(20)10-6-18(12(21)22)3-4-19(9)10/h1-2,5,10H,3-4,6H2,(H,17,20)(H,21,22)/t10-/m0/s1. The lowest BCUT2D eigenvalue weighted by atomic mass is 10.0. The molecule has 0 aromatic heterocycles. The maximum atomic E-state index is 12.7. The molecule has 0 unspecified atom stereocenters. The second-order valence-electron chi connectivity index (χ2n) is 5.16. The van der Waals surface area contributed by atoms with Gasteiger partial charge in [-0.2, -0.15) is 13.2 Å². The van der Waals surface area contributed by atoms with E-state index in [-0.39, 0.29) is 25.3 Å². The van der Waals surface area contributed by atoms with Crippen LogP contribution < -0.4 is 10.2 Å². The average Bonchev–Trinajstić information content (AvgIpc) is 2.45. The maximum Gasteiger partial charge on any atom is 0.416 e. The number of carboxylic acid groups (broad SMARTS) is 1. The highest BCUT2D eigenvalue weighted by molar-refractivity contribution is 6.04. The molecule has 2 heterocycles. The van der Waals surface area contributed by atoms with Crippen LogP contribution in [0.4, 0.5) is 29.3 Å². The Labute approximate surface area is 123 Å². The van der Waals surface area contributed by atoms with Crippen molar-refractivity contribution in [3.05, 3.63) is 23.8 Å². The predicted molar refractivity (Wildman–Crippen MR) is 70.8 cm³/mol. The lowest BCUT2D eigenvalue weighted by Gasteiger charge is -2.44. The fourth-order valence-electron chi connectivity index (χ4n) is 2.75. The molecule has 1 aromatic rings. The molecule has 2 amide bonds. The molecule has 2 aliphatic rings. The number of fused-ring (bicyclic) bond motifs is 3. The monoisotopic (exact) mass is 315 g/mol. The fraction of sp³-hybridized carbons (Fsp3) is 0.385. The Balaban J connectivity index is 1.94. The van der Waals surface area contributed by atoms with E-state index in [9.17, 15) is 22.8 Å². The number of hydrogen-bond acceptors (Lipinski definition) is 3. The van der Waals surface area contributed by atoms with Crippen LogP contribution in [0.1, 0.15) is 5.56 Å². The topological polar surface area (TPSA) is 72.9 Å². The molecular weight excluding hydrogens is 303 g/mol. The van der Waals surface area contributed by atoms with Gasteiger partial charge in [0.15, 0.2) is 0 Å². The summed E-state index contributed by atoms with van der Waals surface area (Å²) in [5.74, 6) is -0.502. The van der Waals surface area contributed by atoms with Gasteiger partial charge in [-0.05, 0) is 18.2 Å². The highest BCUT2D eigenvalue weighted by atomic mass is 19.4. The molecule has 0 saturated carbocycles. The number of carbonyl (C=O) groups is 2. The van der Waals surface area contributed by atoms with Crippen molar-refractivity contribution in [3.63, 3.8) is 0 Å². The van der Waals surface area contributed by atoms with Crippen LogP contribution in [0.15, 0.2) is 18.2 Å². The minimum absolute atomic E-state index is 0.0123. The van der Waals surface area contributed by atoms with Crippen LogP contribution in [0, 0.1) is 0 Å². The molecule has 1 atom stereocenters. The largest absolute Gasteiger partial charge is 0.465 e. The van der Waals surface area contributed by atoms with E-state index in [2.05, 4.69) is 5.32 Å². The summed E-state index contributed by atoms with van der Waals surface area (Å²) in [4.78, 5) is 25.8. The first-order valence-corrected chi connectivity index (χ1v) is 6.54. The summed E-state index contributed by atoms with van der Waals surface area (Å²) < 4.78 is 38.2. The zero-order chi connectivity index (χ0) is 16.1. The molecule has 6 nitrogen and oxygen atoms in total. The molecule has 9 heteroatoms. The number of benzene rings is 1. The lowest BCUT2D eigenvalue weighted by Crippen LogP contribution is -2.60. The number of alkyl halides is 3. The third-order valence-corrected chi connectivity index (χ3v) is 3.84. The number of halogens is 3. The van der Waals surface area contributed by atoms with Gasteiger partial charge in [-0.25, -0.2) is 4.79 Å². The Morgan fingerprint density at radius 3 is 2.68 bits per heavy atom. The number of amides is 2. The highest BCUT2D eigenvalue weighted by Gasteiger charge is 2.40. The van der Waals surface area contributed by atoms with Crippen molar-refractivity contribution in [2.24, 2.45) is 0 Å². The van der Waals surface area contributed by atoms with E-state index in [1.807, 2.05) is 0 Å². The number of carbonyl (C=O) groups excluding carboxylic acids is 1. The Morgan fingerprint density at radius 1 is 1.32 bits per heavy atom. The molecule has 118 valence electrons. The van der Waals surface area contributed by atoms with Crippen molar-refractivity contribution < 1.29 is 27.9 Å². The van der Waals surface area contributed by atoms with Crippen LogP contribution >= 0.6 is 0 Å². The van der Waals surface area contributed by atoms with Gasteiger partial charge in [0.2, 0.25) is 5.91 Å². The van der Waals surface area contributed by atoms with Gasteiger partial charge in [0.1, 0.15) is 6.04 Å². The van der Waals surface area contributed by atoms with Crippen LogP contribution in [0.2, 0.25) is 0 Å². The molecule has 1 saturated heterocycles. The maximum absolute atomic E-state index is 12.7. The van der Waals surface area contributed by atoms with E-state index >= 15 is 0 Å². The summed E-state index contributed by atoms with van der Waals surface area (Å²) in [7, 11) is 0. The minimum atomic E-state index is -4.49. The van der Waals surface area contributed by atoms with Gasteiger partial charge < -0.3 is 20.2 Å². The van der Waals surface area contributed by atoms with E-state index < -0.39 is 29.8 Å². The number of nitrogens with zero attached hydrogens (tertiary/aromatic N) is 2. The number of nitrogens with one attached hydrogen (secondary N) is 1. The van der Waals surface area contributed by atoms with Gasteiger partial charge in [-0.3, -0.25) is 4.79 Å². The molecule has 2 N–H and O–H groups in total. The van der Waals surface area contributed by atoms with Gasteiger partial charge in [0, 0.05) is 13.1 Å². The molecule has 0 bridgehead atoms. The zero-order valence-corrected chi connectivity index (χ0v) is 11.2. The molecule has 1 aromatic carbocycles. The smallest absolute Gasteiger partial charge is 0.416 e. The van der Waals surface area contributed by atoms with Crippen LogP contribution in [-0.2, 0) is 11.0 Å². The summed E-state index contributed by atoms with van der Waals surface area (Å²) in [6.45, 7) is 0.434. The predicted octanol–water partition coefficient (Wildman–Crippen LogP) is 1.83. The average molecular weight is 315 g/mol. The first-order valence-electron chi connectivity index (χ1n) is 6.54. The number of hydrogen-bond donors (Lipinski definition) is 2. The Bertz CT molecular complexity index is 647. The Kier molecular flexibility index (Phi) is 3.15. The quantitative estimate of drug-likeness (QED) is 0.766. The molecule has 1 fully saturated rings. The number of anilines is 2. The summed E-state index contributed by atoms with van der Waals surface area (Å²) >= 11 is 0. The Hall–Kier alpha value is -2.45. The lowest BCUT2D eigenvalue weighted by molar-refractivity contribution is -0.137. The highest BCUT2D eigenvalue weighted by Crippen LogP contribution is 2.38. The summed E-state index contributed by atoms with van der Waals surface area (Å²) in [6.07, 6.45) is -5.61. The minimum Gasteiger partial charge on any atom is -0.465 e. The van der Waals surface area contributed by atoms with Gasteiger partial charge in [-0.15, -0.1) is 0 Å². The van der Waals surface area contributed by atoms with Gasteiger partial charge in [0.05, 0.1) is 23.5 Å². The fourth-order valence-corrected chi connectivity index (χ4v) is 2.75.